The van der Waals surface area contributed by atoms with Crippen molar-refractivity contribution in [2.24, 2.45) is 7.05 Å². The lowest BCUT2D eigenvalue weighted by Gasteiger charge is -2.09. The van der Waals surface area contributed by atoms with E-state index in [1.54, 1.807) is 23.1 Å². The average molecular weight is 367 g/mol. The Bertz CT molecular complexity index is 1110. The summed E-state index contributed by atoms with van der Waals surface area (Å²) in [4.78, 5) is 4.26. The predicted molar refractivity (Wildman–Crippen MR) is 100 cm³/mol. The normalized spacial score (nSPS) is 11.4. The summed E-state index contributed by atoms with van der Waals surface area (Å²) in [6.07, 6.45) is 7.45. The summed E-state index contributed by atoms with van der Waals surface area (Å²) in [5, 5.41) is 12.1. The molecule has 0 atom stereocenters. The van der Waals surface area contributed by atoms with E-state index in [0.29, 0.717) is 23.2 Å². The van der Waals surface area contributed by atoms with Gasteiger partial charge in [0.05, 0.1) is 29.2 Å². The van der Waals surface area contributed by atoms with Crippen molar-refractivity contribution in [1.29, 1.82) is 0 Å². The summed E-state index contributed by atoms with van der Waals surface area (Å²) < 4.78 is 31.1. The van der Waals surface area contributed by atoms with E-state index in [0.717, 1.165) is 23.8 Å². The first-order valence-electron chi connectivity index (χ1n) is 8.89. The molecule has 27 heavy (non-hydrogen) atoms. The van der Waals surface area contributed by atoms with Crippen LogP contribution in [0.25, 0.3) is 33.4 Å². The SMILES string of the molecule is CCCCc1ccc(F)c(-c2cc3c(-c4cnn(C)c4)n[nH]c3cn2)c1F. The van der Waals surface area contributed by atoms with Crippen LogP contribution in [0.1, 0.15) is 25.3 Å². The maximum atomic E-state index is 15.0. The minimum Gasteiger partial charge on any atom is -0.276 e. The van der Waals surface area contributed by atoms with Crippen molar-refractivity contribution in [2.75, 3.05) is 0 Å². The van der Waals surface area contributed by atoms with Gasteiger partial charge < -0.3 is 0 Å². The summed E-state index contributed by atoms with van der Waals surface area (Å²) in [5.74, 6) is -1.16. The van der Waals surface area contributed by atoms with Crippen LogP contribution in [0.2, 0.25) is 0 Å². The molecule has 3 aromatic heterocycles. The molecule has 1 aromatic carbocycles. The van der Waals surface area contributed by atoms with Crippen LogP contribution in [0.15, 0.2) is 36.8 Å². The van der Waals surface area contributed by atoms with Crippen LogP contribution >= 0.6 is 0 Å². The number of nitrogens with zero attached hydrogens (tertiary/aromatic N) is 4. The number of H-pyrrole nitrogens is 1. The first-order chi connectivity index (χ1) is 13.1. The second kappa shape index (κ2) is 6.90. The van der Waals surface area contributed by atoms with Gasteiger partial charge in [-0.15, -0.1) is 0 Å². The molecule has 0 aliphatic rings. The van der Waals surface area contributed by atoms with E-state index in [4.69, 9.17) is 0 Å². The van der Waals surface area contributed by atoms with E-state index in [9.17, 15) is 8.78 Å². The van der Waals surface area contributed by atoms with Crippen LogP contribution in [0, 0.1) is 11.6 Å². The third-order valence-corrected chi connectivity index (χ3v) is 4.65. The van der Waals surface area contributed by atoms with Crippen LogP contribution in [0.5, 0.6) is 0 Å². The minimum absolute atomic E-state index is 0.0937. The zero-order valence-corrected chi connectivity index (χ0v) is 15.1. The maximum absolute atomic E-state index is 15.0. The van der Waals surface area contributed by atoms with Gasteiger partial charge in [0.25, 0.3) is 0 Å². The van der Waals surface area contributed by atoms with E-state index in [1.807, 2.05) is 20.2 Å². The predicted octanol–water partition coefficient (Wildman–Crippen LogP) is 4.65. The number of aromatic amines is 1. The van der Waals surface area contributed by atoms with Gasteiger partial charge in [-0.1, -0.05) is 19.4 Å². The van der Waals surface area contributed by atoms with Gasteiger partial charge >= 0.3 is 0 Å². The molecule has 1 N–H and O–H groups in total. The molecule has 4 aromatic rings. The number of aromatic nitrogens is 5. The molecule has 7 heteroatoms. The average Bonchev–Trinajstić information content (AvgIpc) is 3.27. The van der Waals surface area contributed by atoms with E-state index in [1.165, 1.54) is 12.1 Å². The molecule has 4 rings (SSSR count). The Morgan fingerprint density at radius 1 is 1.19 bits per heavy atom. The fraction of sp³-hybridized carbons (Fsp3) is 0.250. The molecule has 0 bridgehead atoms. The molecule has 5 nitrogen and oxygen atoms in total. The van der Waals surface area contributed by atoms with Gasteiger partial charge in [0.1, 0.15) is 17.3 Å². The number of nitrogens with one attached hydrogen (secondary N) is 1. The molecular formula is C20H19F2N5. The van der Waals surface area contributed by atoms with Gasteiger partial charge in [-0.25, -0.2) is 8.78 Å². The second-order valence-corrected chi connectivity index (χ2v) is 6.59. The maximum Gasteiger partial charge on any atom is 0.138 e. The van der Waals surface area contributed by atoms with Gasteiger partial charge in [-0.3, -0.25) is 14.8 Å². The van der Waals surface area contributed by atoms with Crippen molar-refractivity contribution in [3.63, 3.8) is 0 Å². The molecule has 0 saturated carbocycles. The van der Waals surface area contributed by atoms with Crippen molar-refractivity contribution in [3.8, 4) is 22.5 Å². The quantitative estimate of drug-likeness (QED) is 0.559. The molecule has 0 spiro atoms. The third kappa shape index (κ3) is 3.09. The highest BCUT2D eigenvalue weighted by molar-refractivity contribution is 5.94. The van der Waals surface area contributed by atoms with Crippen LogP contribution in [-0.2, 0) is 13.5 Å². The highest BCUT2D eigenvalue weighted by Gasteiger charge is 2.18. The number of pyridine rings is 1. The molecule has 0 saturated heterocycles. The topological polar surface area (TPSA) is 59.4 Å². The molecule has 0 aliphatic carbocycles. The highest BCUT2D eigenvalue weighted by atomic mass is 19.1. The molecule has 0 radical (unpaired) electrons. The summed E-state index contributed by atoms with van der Waals surface area (Å²) in [7, 11) is 1.82. The largest absolute Gasteiger partial charge is 0.276 e. The van der Waals surface area contributed by atoms with Crippen molar-refractivity contribution < 1.29 is 8.78 Å². The van der Waals surface area contributed by atoms with Crippen molar-refractivity contribution >= 4 is 10.9 Å². The van der Waals surface area contributed by atoms with E-state index < -0.39 is 11.6 Å². The smallest absolute Gasteiger partial charge is 0.138 e. The van der Waals surface area contributed by atoms with Crippen molar-refractivity contribution in [3.05, 3.63) is 54.0 Å². The van der Waals surface area contributed by atoms with Crippen molar-refractivity contribution in [1.82, 2.24) is 25.0 Å². The first kappa shape index (κ1) is 17.3. The number of unbranched alkanes of at least 4 members (excludes halogenated alkanes) is 1. The van der Waals surface area contributed by atoms with Crippen LogP contribution in [-0.4, -0.2) is 25.0 Å². The van der Waals surface area contributed by atoms with Gasteiger partial charge in [0.15, 0.2) is 0 Å². The second-order valence-electron chi connectivity index (χ2n) is 6.59. The van der Waals surface area contributed by atoms with Gasteiger partial charge in [0, 0.05) is 24.2 Å². The van der Waals surface area contributed by atoms with Gasteiger partial charge in [-0.05, 0) is 30.5 Å². The molecule has 138 valence electrons. The number of benzene rings is 1. The van der Waals surface area contributed by atoms with Crippen molar-refractivity contribution in [2.45, 2.75) is 26.2 Å². The Hall–Kier alpha value is -3.09. The fourth-order valence-electron chi connectivity index (χ4n) is 3.21. The van der Waals surface area contributed by atoms with E-state index in [-0.39, 0.29) is 11.3 Å². The zero-order chi connectivity index (χ0) is 19.0. The number of rotatable bonds is 5. The Kier molecular flexibility index (Phi) is 4.43. The molecule has 0 aliphatic heterocycles. The molecule has 0 fully saturated rings. The molecular weight excluding hydrogens is 348 g/mol. The summed E-state index contributed by atoms with van der Waals surface area (Å²) in [5.41, 5.74) is 2.85. The lowest BCUT2D eigenvalue weighted by molar-refractivity contribution is 0.574. The molecule has 0 amide bonds. The number of halogens is 2. The molecule has 3 heterocycles. The minimum atomic E-state index is -0.619. The van der Waals surface area contributed by atoms with Gasteiger partial charge in [-0.2, -0.15) is 10.2 Å². The fourth-order valence-corrected chi connectivity index (χ4v) is 3.21. The van der Waals surface area contributed by atoms with Crippen LogP contribution in [0.3, 0.4) is 0 Å². The lowest BCUT2D eigenvalue weighted by atomic mass is 10.0. The lowest BCUT2D eigenvalue weighted by Crippen LogP contribution is -1.99. The number of aryl methyl sites for hydroxylation is 2. The highest BCUT2D eigenvalue weighted by Crippen LogP contribution is 2.32. The van der Waals surface area contributed by atoms with E-state index >= 15 is 0 Å². The number of hydrogen-bond acceptors (Lipinski definition) is 3. The molecule has 0 unspecified atom stereocenters. The number of hydrogen-bond donors (Lipinski definition) is 1. The Labute approximate surface area is 155 Å². The summed E-state index contributed by atoms with van der Waals surface area (Å²) >= 11 is 0. The van der Waals surface area contributed by atoms with Gasteiger partial charge in [0.2, 0.25) is 0 Å². The standard InChI is InChI=1S/C20H19F2N5/c1-3-4-5-12-6-7-15(21)18(19(12)22)16-8-14-17(10-23-16)25-26-20(14)13-9-24-27(2)11-13/h6-11H,3-5H2,1-2H3,(H,25,26). The Morgan fingerprint density at radius 2 is 2.04 bits per heavy atom. The van der Waals surface area contributed by atoms with Crippen LogP contribution < -0.4 is 0 Å². The third-order valence-electron chi connectivity index (χ3n) is 4.65. The van der Waals surface area contributed by atoms with Crippen LogP contribution in [0.4, 0.5) is 8.78 Å². The monoisotopic (exact) mass is 367 g/mol. The Morgan fingerprint density at radius 3 is 2.78 bits per heavy atom. The first-order valence-corrected chi connectivity index (χ1v) is 8.89. The Balaban J connectivity index is 1.85. The summed E-state index contributed by atoms with van der Waals surface area (Å²) in [6.45, 7) is 2.04. The zero-order valence-electron chi connectivity index (χ0n) is 15.1. The summed E-state index contributed by atoms with van der Waals surface area (Å²) in [6, 6.07) is 4.50. The number of fused-ring (bicyclic) bond motifs is 1. The van der Waals surface area contributed by atoms with E-state index in [2.05, 4.69) is 20.3 Å².